The molecular weight excluding hydrogens is 308 g/mol. The first-order chi connectivity index (χ1) is 11.7. The third-order valence-corrected chi connectivity index (χ3v) is 3.63. The van der Waals surface area contributed by atoms with Gasteiger partial charge in [0.2, 0.25) is 0 Å². The molecule has 124 valence electrons. The van der Waals surface area contributed by atoms with Crippen molar-refractivity contribution in [2.24, 2.45) is 5.10 Å². The molecule has 0 unspecified atom stereocenters. The van der Waals surface area contributed by atoms with Gasteiger partial charge in [0.1, 0.15) is 29.6 Å². The van der Waals surface area contributed by atoms with Crippen molar-refractivity contribution < 1.29 is 19.0 Å². The number of carbonyl (C=O) groups is 1. The van der Waals surface area contributed by atoms with Crippen molar-refractivity contribution in [1.29, 1.82) is 0 Å². The summed E-state index contributed by atoms with van der Waals surface area (Å²) >= 11 is 0. The summed E-state index contributed by atoms with van der Waals surface area (Å²) in [5, 5.41) is 4.13. The first-order valence-corrected chi connectivity index (χ1v) is 7.52. The minimum absolute atomic E-state index is 0.104. The Kier molecular flexibility index (Phi) is 4.65. The van der Waals surface area contributed by atoms with E-state index in [0.29, 0.717) is 23.8 Å². The first-order valence-electron chi connectivity index (χ1n) is 7.52. The highest BCUT2D eigenvalue weighted by Gasteiger charge is 2.20. The summed E-state index contributed by atoms with van der Waals surface area (Å²) in [6.45, 7) is 2.13. The zero-order valence-electron chi connectivity index (χ0n) is 13.5. The number of methoxy groups -OCH3 is 1. The quantitative estimate of drug-likeness (QED) is 0.856. The Balaban J connectivity index is 1.61. The van der Waals surface area contributed by atoms with E-state index >= 15 is 0 Å². The Morgan fingerprint density at radius 1 is 1.29 bits per heavy atom. The second-order valence-electron chi connectivity index (χ2n) is 5.30. The summed E-state index contributed by atoms with van der Waals surface area (Å²) in [6.07, 6.45) is 0. The van der Waals surface area contributed by atoms with Gasteiger partial charge in [-0.3, -0.25) is 4.79 Å². The molecule has 1 aliphatic rings. The second kappa shape index (κ2) is 7.04. The van der Waals surface area contributed by atoms with Crippen LogP contribution in [-0.2, 0) is 4.79 Å². The van der Waals surface area contributed by atoms with Crippen LogP contribution in [-0.4, -0.2) is 31.9 Å². The predicted octanol–water partition coefficient (Wildman–Crippen LogP) is 2.30. The van der Waals surface area contributed by atoms with Gasteiger partial charge in [-0.2, -0.15) is 5.10 Å². The van der Waals surface area contributed by atoms with E-state index < -0.39 is 0 Å². The van der Waals surface area contributed by atoms with Gasteiger partial charge in [-0.05, 0) is 36.8 Å². The lowest BCUT2D eigenvalue weighted by Crippen LogP contribution is -2.26. The minimum Gasteiger partial charge on any atom is -0.497 e. The molecule has 0 aliphatic carbocycles. The number of amides is 1. The molecule has 6 heteroatoms. The molecule has 1 heterocycles. The number of nitrogens with zero attached hydrogens (tertiary/aromatic N) is 1. The van der Waals surface area contributed by atoms with Gasteiger partial charge in [-0.1, -0.05) is 18.2 Å². The van der Waals surface area contributed by atoms with Gasteiger partial charge in [-0.25, -0.2) is 5.43 Å². The van der Waals surface area contributed by atoms with Crippen molar-refractivity contribution in [3.8, 4) is 17.2 Å². The molecule has 0 atom stereocenters. The molecule has 2 aromatic rings. The molecule has 0 saturated carbocycles. The summed E-state index contributed by atoms with van der Waals surface area (Å²) in [5.74, 6) is 1.78. The molecule has 24 heavy (non-hydrogen) atoms. The molecule has 1 aliphatic heterocycles. The summed E-state index contributed by atoms with van der Waals surface area (Å²) in [7, 11) is 1.60. The molecule has 0 aromatic heterocycles. The third-order valence-electron chi connectivity index (χ3n) is 3.63. The fourth-order valence-corrected chi connectivity index (χ4v) is 2.33. The van der Waals surface area contributed by atoms with Crippen LogP contribution >= 0.6 is 0 Å². The number of fused-ring (bicyclic) bond motifs is 1. The molecule has 1 amide bonds. The van der Waals surface area contributed by atoms with Crippen LogP contribution in [0.3, 0.4) is 0 Å². The Bertz CT molecular complexity index is 786. The second-order valence-corrected chi connectivity index (χ2v) is 5.30. The van der Waals surface area contributed by atoms with Gasteiger partial charge in [-0.15, -0.1) is 0 Å². The van der Waals surface area contributed by atoms with Crippen molar-refractivity contribution in [3.05, 3.63) is 53.6 Å². The van der Waals surface area contributed by atoms with Crippen molar-refractivity contribution in [1.82, 2.24) is 5.43 Å². The molecule has 0 radical (unpaired) electrons. The zero-order chi connectivity index (χ0) is 16.9. The summed E-state index contributed by atoms with van der Waals surface area (Å²) in [5.41, 5.74) is 4.93. The van der Waals surface area contributed by atoms with E-state index in [-0.39, 0.29) is 12.5 Å². The van der Waals surface area contributed by atoms with E-state index in [1.165, 1.54) is 0 Å². The molecule has 0 bridgehead atoms. The van der Waals surface area contributed by atoms with Gasteiger partial charge >= 0.3 is 0 Å². The lowest BCUT2D eigenvalue weighted by atomic mass is 10.1. The van der Waals surface area contributed by atoms with Crippen molar-refractivity contribution >= 4 is 11.6 Å². The maximum absolute atomic E-state index is 11.9. The fourth-order valence-electron chi connectivity index (χ4n) is 2.33. The largest absolute Gasteiger partial charge is 0.497 e. The number of aryl methyl sites for hydroxylation is 1. The van der Waals surface area contributed by atoms with Gasteiger partial charge < -0.3 is 14.2 Å². The zero-order valence-corrected chi connectivity index (χ0v) is 13.5. The molecule has 0 saturated heterocycles. The minimum atomic E-state index is -0.331. The lowest BCUT2D eigenvalue weighted by molar-refractivity contribution is -0.123. The van der Waals surface area contributed by atoms with Gasteiger partial charge in [0.05, 0.1) is 7.11 Å². The summed E-state index contributed by atoms with van der Waals surface area (Å²) in [4.78, 5) is 11.9. The lowest BCUT2D eigenvalue weighted by Gasteiger charge is -2.07. The molecule has 6 nitrogen and oxygen atoms in total. The molecular formula is C18H18N2O4. The van der Waals surface area contributed by atoms with Crippen molar-refractivity contribution in [2.45, 2.75) is 6.92 Å². The number of hydrogen-bond acceptors (Lipinski definition) is 5. The Morgan fingerprint density at radius 2 is 2.12 bits per heavy atom. The number of carbonyl (C=O) groups excluding carboxylic acids is 1. The Morgan fingerprint density at radius 3 is 2.92 bits per heavy atom. The van der Waals surface area contributed by atoms with E-state index in [1.807, 2.05) is 49.4 Å². The van der Waals surface area contributed by atoms with Crippen LogP contribution in [0, 0.1) is 6.92 Å². The number of para-hydroxylation sites is 1. The molecule has 3 rings (SSSR count). The van der Waals surface area contributed by atoms with Crippen LogP contribution < -0.4 is 19.6 Å². The first kappa shape index (κ1) is 15.9. The highest BCUT2D eigenvalue weighted by atomic mass is 16.5. The van der Waals surface area contributed by atoms with Crippen LogP contribution in [0.25, 0.3) is 0 Å². The number of hydrazone groups is 1. The standard InChI is InChI=1S/C18H18N2O4/c1-12-5-3-4-6-16(12)24-11-18(21)20-19-15-10-23-17-8-7-13(22-2)9-14(15)17/h3-9H,10-11H2,1-2H3,(H,20,21)/b19-15+. The van der Waals surface area contributed by atoms with Gasteiger partial charge in [0, 0.05) is 5.56 Å². The maximum atomic E-state index is 11.9. The van der Waals surface area contributed by atoms with E-state index in [9.17, 15) is 4.79 Å². The van der Waals surface area contributed by atoms with E-state index in [1.54, 1.807) is 7.11 Å². The topological polar surface area (TPSA) is 69.2 Å². The van der Waals surface area contributed by atoms with Crippen LogP contribution in [0.15, 0.2) is 47.6 Å². The molecule has 1 N–H and O–H groups in total. The average molecular weight is 326 g/mol. The normalized spacial score (nSPS) is 14.0. The van der Waals surface area contributed by atoms with Gasteiger partial charge in [0.15, 0.2) is 6.61 Å². The Labute approximate surface area is 140 Å². The average Bonchev–Trinajstić information content (AvgIpc) is 3.01. The van der Waals surface area contributed by atoms with E-state index in [0.717, 1.165) is 16.9 Å². The monoisotopic (exact) mass is 326 g/mol. The number of ether oxygens (including phenoxy) is 3. The Hall–Kier alpha value is -3.02. The van der Waals surface area contributed by atoms with E-state index in [2.05, 4.69) is 10.5 Å². The number of rotatable bonds is 5. The molecule has 2 aromatic carbocycles. The highest BCUT2D eigenvalue weighted by molar-refractivity contribution is 6.06. The molecule has 0 fully saturated rings. The summed E-state index contributed by atoms with van der Waals surface area (Å²) < 4.78 is 16.2. The van der Waals surface area contributed by atoms with Crippen LogP contribution in [0.1, 0.15) is 11.1 Å². The number of nitrogens with one attached hydrogen (secondary N) is 1. The smallest absolute Gasteiger partial charge is 0.277 e. The SMILES string of the molecule is COc1ccc2c(c1)/C(=N/NC(=O)COc1ccccc1C)CO2. The summed E-state index contributed by atoms with van der Waals surface area (Å²) in [6, 6.07) is 13.0. The van der Waals surface area contributed by atoms with Crippen molar-refractivity contribution in [3.63, 3.8) is 0 Å². The molecule has 0 spiro atoms. The number of hydrogen-bond donors (Lipinski definition) is 1. The predicted molar refractivity (Wildman–Crippen MR) is 89.8 cm³/mol. The third kappa shape index (κ3) is 3.48. The van der Waals surface area contributed by atoms with Crippen LogP contribution in [0.4, 0.5) is 0 Å². The van der Waals surface area contributed by atoms with Crippen molar-refractivity contribution in [2.75, 3.05) is 20.3 Å². The van der Waals surface area contributed by atoms with Crippen LogP contribution in [0.2, 0.25) is 0 Å². The van der Waals surface area contributed by atoms with Gasteiger partial charge in [0.25, 0.3) is 5.91 Å². The fraction of sp³-hybridized carbons (Fsp3) is 0.222. The number of benzene rings is 2. The highest BCUT2D eigenvalue weighted by Crippen LogP contribution is 2.29. The van der Waals surface area contributed by atoms with Crippen LogP contribution in [0.5, 0.6) is 17.2 Å². The van der Waals surface area contributed by atoms with E-state index in [4.69, 9.17) is 14.2 Å². The maximum Gasteiger partial charge on any atom is 0.277 e.